The summed E-state index contributed by atoms with van der Waals surface area (Å²) in [5.41, 5.74) is 2.26. The number of nitrogens with one attached hydrogen (secondary N) is 3. The molecule has 6 nitrogen and oxygen atoms in total. The normalized spacial score (nSPS) is 18.7. The lowest BCUT2D eigenvalue weighted by atomic mass is 10.1. The first-order valence-corrected chi connectivity index (χ1v) is 6.20. The van der Waals surface area contributed by atoms with Crippen molar-refractivity contribution in [3.63, 3.8) is 0 Å². The fourth-order valence-corrected chi connectivity index (χ4v) is 2.05. The fraction of sp³-hybridized carbons (Fsp3) is 0.583. The van der Waals surface area contributed by atoms with E-state index in [1.165, 1.54) is 5.56 Å². The molecule has 1 aromatic heterocycles. The van der Waals surface area contributed by atoms with Gasteiger partial charge in [0.25, 0.3) is 0 Å². The highest BCUT2D eigenvalue weighted by Crippen LogP contribution is 2.09. The van der Waals surface area contributed by atoms with Gasteiger partial charge in [-0.05, 0) is 25.3 Å². The molecule has 0 saturated carbocycles. The summed E-state index contributed by atoms with van der Waals surface area (Å²) in [4.78, 5) is 22.7. The average Bonchev–Trinajstić information content (AvgIpc) is 2.94. The molecule has 18 heavy (non-hydrogen) atoms. The Kier molecular flexibility index (Phi) is 3.96. The van der Waals surface area contributed by atoms with E-state index < -0.39 is 0 Å². The first-order chi connectivity index (χ1) is 8.66. The topological polar surface area (TPSA) is 86.9 Å². The number of aryl methyl sites for hydroxylation is 2. The van der Waals surface area contributed by atoms with Crippen molar-refractivity contribution < 1.29 is 9.59 Å². The maximum Gasteiger partial charge on any atom is 0.225 e. The predicted molar refractivity (Wildman–Crippen MR) is 65.8 cm³/mol. The molecule has 98 valence electrons. The molecule has 0 aliphatic carbocycles. The summed E-state index contributed by atoms with van der Waals surface area (Å²) in [5.74, 6) is -0.269. The Hall–Kier alpha value is -1.85. The molecule has 0 aromatic carbocycles. The zero-order chi connectivity index (χ0) is 13.0. The number of rotatable bonds is 5. The van der Waals surface area contributed by atoms with Crippen molar-refractivity contribution >= 4 is 11.8 Å². The highest BCUT2D eigenvalue weighted by Gasteiger charge is 2.27. The van der Waals surface area contributed by atoms with E-state index in [4.69, 9.17) is 0 Å². The highest BCUT2D eigenvalue weighted by atomic mass is 16.2. The molecule has 6 heteroatoms. The molecule has 0 radical (unpaired) electrons. The van der Waals surface area contributed by atoms with E-state index in [2.05, 4.69) is 20.8 Å². The third-order valence-electron chi connectivity index (χ3n) is 3.20. The zero-order valence-corrected chi connectivity index (χ0v) is 10.5. The van der Waals surface area contributed by atoms with Gasteiger partial charge >= 0.3 is 0 Å². The molecule has 0 bridgehead atoms. The molecule has 1 aliphatic rings. The summed E-state index contributed by atoms with van der Waals surface area (Å²) in [7, 11) is 0. The molecule has 1 unspecified atom stereocenters. The summed E-state index contributed by atoms with van der Waals surface area (Å²) in [6, 6.07) is 0. The second-order valence-corrected chi connectivity index (χ2v) is 4.62. The van der Waals surface area contributed by atoms with Crippen molar-refractivity contribution in [1.82, 2.24) is 20.8 Å². The van der Waals surface area contributed by atoms with Gasteiger partial charge in [0.05, 0.1) is 12.1 Å². The molecule has 2 rings (SSSR count). The van der Waals surface area contributed by atoms with Gasteiger partial charge in [0.2, 0.25) is 11.8 Å². The number of H-pyrrole nitrogens is 1. The molecule has 3 N–H and O–H groups in total. The molecule has 2 amide bonds. The number of hydrogen-bond donors (Lipinski definition) is 3. The maximum absolute atomic E-state index is 11.7. The number of nitrogens with zero attached hydrogens (tertiary/aromatic N) is 1. The van der Waals surface area contributed by atoms with E-state index in [-0.39, 0.29) is 17.7 Å². The molecule has 1 saturated heterocycles. The lowest BCUT2D eigenvalue weighted by molar-refractivity contribution is -0.126. The summed E-state index contributed by atoms with van der Waals surface area (Å²) >= 11 is 0. The van der Waals surface area contributed by atoms with Crippen LogP contribution in [0.1, 0.15) is 24.1 Å². The van der Waals surface area contributed by atoms with E-state index in [0.29, 0.717) is 19.5 Å². The molecule has 1 aromatic rings. The number of carbonyl (C=O) groups is 2. The van der Waals surface area contributed by atoms with Crippen LogP contribution < -0.4 is 10.6 Å². The van der Waals surface area contributed by atoms with Gasteiger partial charge in [-0.15, -0.1) is 0 Å². The highest BCUT2D eigenvalue weighted by molar-refractivity contribution is 5.89. The summed E-state index contributed by atoms with van der Waals surface area (Å²) in [6.07, 6.45) is 3.90. The van der Waals surface area contributed by atoms with Crippen LogP contribution in [-0.2, 0) is 16.0 Å². The summed E-state index contributed by atoms with van der Waals surface area (Å²) < 4.78 is 0. The van der Waals surface area contributed by atoms with Gasteiger partial charge in [0.1, 0.15) is 0 Å². The van der Waals surface area contributed by atoms with E-state index in [9.17, 15) is 9.59 Å². The minimum atomic E-state index is -0.201. The SMILES string of the molecule is Cc1[nH]ncc1CCCNC(=O)C1CNC(=O)C1. The molecular formula is C12H18N4O2. The average molecular weight is 250 g/mol. The number of carbonyl (C=O) groups excluding carboxylic acids is 2. The Bertz CT molecular complexity index is 441. The Morgan fingerprint density at radius 2 is 2.44 bits per heavy atom. The second-order valence-electron chi connectivity index (χ2n) is 4.62. The van der Waals surface area contributed by atoms with E-state index in [1.807, 2.05) is 13.1 Å². The van der Waals surface area contributed by atoms with Gasteiger partial charge < -0.3 is 10.6 Å². The van der Waals surface area contributed by atoms with Crippen LogP contribution in [0.3, 0.4) is 0 Å². The third-order valence-corrected chi connectivity index (χ3v) is 3.20. The van der Waals surface area contributed by atoms with Gasteiger partial charge in [-0.2, -0.15) is 5.10 Å². The fourth-order valence-electron chi connectivity index (χ4n) is 2.05. The minimum Gasteiger partial charge on any atom is -0.356 e. The van der Waals surface area contributed by atoms with E-state index in [1.54, 1.807) is 0 Å². The maximum atomic E-state index is 11.7. The van der Waals surface area contributed by atoms with Crippen LogP contribution in [0.25, 0.3) is 0 Å². The van der Waals surface area contributed by atoms with Crippen LogP contribution >= 0.6 is 0 Å². The van der Waals surface area contributed by atoms with Crippen LogP contribution in [0.4, 0.5) is 0 Å². The third kappa shape index (κ3) is 3.09. The quantitative estimate of drug-likeness (QED) is 0.638. The molecule has 1 aliphatic heterocycles. The van der Waals surface area contributed by atoms with Gasteiger partial charge in [-0.1, -0.05) is 0 Å². The molecule has 0 spiro atoms. The standard InChI is InChI=1S/C12H18N4O2/c1-8-9(7-15-16-8)3-2-4-13-12(18)10-5-11(17)14-6-10/h7,10H,2-6H2,1H3,(H,13,18)(H,14,17)(H,15,16). The summed E-state index contributed by atoms with van der Waals surface area (Å²) in [5, 5.41) is 12.4. The predicted octanol–water partition coefficient (Wildman–Crippen LogP) is -0.0970. The smallest absolute Gasteiger partial charge is 0.225 e. The van der Waals surface area contributed by atoms with Crippen molar-refractivity contribution in [2.45, 2.75) is 26.2 Å². The van der Waals surface area contributed by atoms with Gasteiger partial charge in [-0.3, -0.25) is 14.7 Å². The lowest BCUT2D eigenvalue weighted by Crippen LogP contribution is -2.32. The van der Waals surface area contributed by atoms with Crippen molar-refractivity contribution in [1.29, 1.82) is 0 Å². The number of hydrogen-bond acceptors (Lipinski definition) is 3. The van der Waals surface area contributed by atoms with Gasteiger partial charge in [-0.25, -0.2) is 0 Å². The first kappa shape index (κ1) is 12.6. The van der Waals surface area contributed by atoms with Crippen molar-refractivity contribution in [3.8, 4) is 0 Å². The van der Waals surface area contributed by atoms with Crippen molar-refractivity contribution in [2.24, 2.45) is 5.92 Å². The zero-order valence-electron chi connectivity index (χ0n) is 10.5. The van der Waals surface area contributed by atoms with Crippen LogP contribution in [0.2, 0.25) is 0 Å². The van der Waals surface area contributed by atoms with Crippen molar-refractivity contribution in [3.05, 3.63) is 17.5 Å². The Labute approximate surface area is 106 Å². The second kappa shape index (κ2) is 5.66. The van der Waals surface area contributed by atoms with Crippen LogP contribution in [0.5, 0.6) is 0 Å². The number of aromatic nitrogens is 2. The Morgan fingerprint density at radius 3 is 3.06 bits per heavy atom. The molecular weight excluding hydrogens is 232 g/mol. The van der Waals surface area contributed by atoms with Crippen LogP contribution in [-0.4, -0.2) is 35.1 Å². The molecule has 2 heterocycles. The Balaban J connectivity index is 1.65. The number of amides is 2. The first-order valence-electron chi connectivity index (χ1n) is 6.20. The van der Waals surface area contributed by atoms with E-state index in [0.717, 1.165) is 18.5 Å². The van der Waals surface area contributed by atoms with Crippen LogP contribution in [0, 0.1) is 12.8 Å². The van der Waals surface area contributed by atoms with Crippen LogP contribution in [0.15, 0.2) is 6.20 Å². The van der Waals surface area contributed by atoms with Gasteiger partial charge in [0, 0.05) is 25.2 Å². The monoisotopic (exact) mass is 250 g/mol. The minimum absolute atomic E-state index is 0.0303. The van der Waals surface area contributed by atoms with E-state index >= 15 is 0 Å². The van der Waals surface area contributed by atoms with Gasteiger partial charge in [0.15, 0.2) is 0 Å². The largest absolute Gasteiger partial charge is 0.356 e. The number of aromatic amines is 1. The van der Waals surface area contributed by atoms with Crippen molar-refractivity contribution in [2.75, 3.05) is 13.1 Å². The Morgan fingerprint density at radius 1 is 1.61 bits per heavy atom. The lowest BCUT2D eigenvalue weighted by Gasteiger charge is -2.08. The molecule has 1 atom stereocenters. The summed E-state index contributed by atoms with van der Waals surface area (Å²) in [6.45, 7) is 3.08. The molecule has 1 fully saturated rings.